The highest BCUT2D eigenvalue weighted by atomic mass is 19.4. The number of carbonyl (C=O) groups is 1. The quantitative estimate of drug-likeness (QED) is 0.884. The number of nitrogens with one attached hydrogen (secondary N) is 1. The molecule has 2 heterocycles. The van der Waals surface area contributed by atoms with Crippen molar-refractivity contribution in [3.8, 4) is 0 Å². The summed E-state index contributed by atoms with van der Waals surface area (Å²) < 4.78 is 37.7. The summed E-state index contributed by atoms with van der Waals surface area (Å²) in [5.74, 6) is 0.130. The van der Waals surface area contributed by atoms with Crippen molar-refractivity contribution in [1.29, 1.82) is 0 Å². The van der Waals surface area contributed by atoms with E-state index >= 15 is 0 Å². The second kappa shape index (κ2) is 7.72. The summed E-state index contributed by atoms with van der Waals surface area (Å²) in [5.41, 5.74) is 0.122. The maximum atomic E-state index is 12.6. The zero-order valence-electron chi connectivity index (χ0n) is 14.1. The smallest absolute Gasteiger partial charge is 0.339 e. The average molecular weight is 364 g/mol. The molecule has 1 aliphatic heterocycles. The lowest BCUT2D eigenvalue weighted by atomic mass is 10.2. The standard InChI is InChI=1S/C18H19F3N4O/c19-18(20,21)14-5-7-15(8-6-14)24-17-22-11-13(12-23-17)16(26)25-9-3-1-2-4-10-25/h5-8,11-12H,1-4,9-10H2,(H,22,23,24). The lowest BCUT2D eigenvalue weighted by molar-refractivity contribution is -0.137. The number of amides is 1. The van der Waals surface area contributed by atoms with Gasteiger partial charge in [0, 0.05) is 31.2 Å². The first-order valence-electron chi connectivity index (χ1n) is 8.49. The van der Waals surface area contributed by atoms with Crippen molar-refractivity contribution in [2.75, 3.05) is 18.4 Å². The van der Waals surface area contributed by atoms with Gasteiger partial charge in [-0.15, -0.1) is 0 Å². The molecule has 1 saturated heterocycles. The molecule has 1 fully saturated rings. The summed E-state index contributed by atoms with van der Waals surface area (Å²) in [6, 6.07) is 4.59. The third kappa shape index (κ3) is 4.50. The van der Waals surface area contributed by atoms with Gasteiger partial charge in [0.15, 0.2) is 0 Å². The van der Waals surface area contributed by atoms with Crippen LogP contribution >= 0.6 is 0 Å². The van der Waals surface area contributed by atoms with Crippen molar-refractivity contribution in [3.05, 3.63) is 47.8 Å². The second-order valence-corrected chi connectivity index (χ2v) is 6.20. The molecule has 0 aliphatic carbocycles. The van der Waals surface area contributed by atoms with Crippen molar-refractivity contribution in [3.63, 3.8) is 0 Å². The molecule has 26 heavy (non-hydrogen) atoms. The molecular weight excluding hydrogens is 345 g/mol. The van der Waals surface area contributed by atoms with E-state index in [9.17, 15) is 18.0 Å². The molecule has 1 N–H and O–H groups in total. The molecule has 1 aliphatic rings. The fourth-order valence-corrected chi connectivity index (χ4v) is 2.83. The summed E-state index contributed by atoms with van der Waals surface area (Å²) in [4.78, 5) is 22.5. The van der Waals surface area contributed by atoms with Gasteiger partial charge in [0.1, 0.15) is 0 Å². The number of hydrogen-bond acceptors (Lipinski definition) is 4. The number of benzene rings is 1. The summed E-state index contributed by atoms with van der Waals surface area (Å²) in [7, 11) is 0. The van der Waals surface area contributed by atoms with Crippen molar-refractivity contribution in [2.24, 2.45) is 0 Å². The van der Waals surface area contributed by atoms with Gasteiger partial charge in [0.2, 0.25) is 5.95 Å². The van der Waals surface area contributed by atoms with Crippen molar-refractivity contribution >= 4 is 17.5 Å². The maximum absolute atomic E-state index is 12.6. The minimum absolute atomic E-state index is 0.0898. The average Bonchev–Trinajstić information content (AvgIpc) is 2.91. The van der Waals surface area contributed by atoms with Gasteiger partial charge < -0.3 is 10.2 Å². The largest absolute Gasteiger partial charge is 0.416 e. The summed E-state index contributed by atoms with van der Waals surface area (Å²) in [6.07, 6.45) is 2.77. The fraction of sp³-hybridized carbons (Fsp3) is 0.389. The van der Waals surface area contributed by atoms with Gasteiger partial charge in [-0.1, -0.05) is 12.8 Å². The Morgan fingerprint density at radius 2 is 1.54 bits per heavy atom. The van der Waals surface area contributed by atoms with Crippen molar-refractivity contribution < 1.29 is 18.0 Å². The number of likely N-dealkylation sites (tertiary alicyclic amines) is 1. The van der Waals surface area contributed by atoms with E-state index < -0.39 is 11.7 Å². The number of halogens is 3. The number of nitrogens with zero attached hydrogens (tertiary/aromatic N) is 3. The summed E-state index contributed by atoms with van der Waals surface area (Å²) >= 11 is 0. The van der Waals surface area contributed by atoms with Gasteiger partial charge in [0.05, 0.1) is 11.1 Å². The molecule has 138 valence electrons. The van der Waals surface area contributed by atoms with Crippen LogP contribution in [0.25, 0.3) is 0 Å². The van der Waals surface area contributed by atoms with E-state index in [0.29, 0.717) is 11.3 Å². The number of rotatable bonds is 3. The van der Waals surface area contributed by atoms with E-state index in [0.717, 1.165) is 50.9 Å². The van der Waals surface area contributed by atoms with Crippen LogP contribution in [0.15, 0.2) is 36.7 Å². The molecule has 1 amide bonds. The topological polar surface area (TPSA) is 58.1 Å². The molecule has 0 radical (unpaired) electrons. The van der Waals surface area contributed by atoms with E-state index in [-0.39, 0.29) is 11.9 Å². The minimum Gasteiger partial charge on any atom is -0.339 e. The maximum Gasteiger partial charge on any atom is 0.416 e. The first kappa shape index (κ1) is 18.2. The minimum atomic E-state index is -4.37. The fourth-order valence-electron chi connectivity index (χ4n) is 2.83. The third-order valence-corrected chi connectivity index (χ3v) is 4.26. The van der Waals surface area contributed by atoms with Crippen LogP contribution in [0.5, 0.6) is 0 Å². The zero-order chi connectivity index (χ0) is 18.6. The lowest BCUT2D eigenvalue weighted by Gasteiger charge is -2.19. The van der Waals surface area contributed by atoms with Crippen LogP contribution in [-0.2, 0) is 6.18 Å². The Labute approximate surface area is 149 Å². The van der Waals surface area contributed by atoms with Crippen molar-refractivity contribution in [2.45, 2.75) is 31.9 Å². The highest BCUT2D eigenvalue weighted by molar-refractivity contribution is 5.93. The molecular formula is C18H19F3N4O. The molecule has 5 nitrogen and oxygen atoms in total. The highest BCUT2D eigenvalue weighted by Crippen LogP contribution is 2.30. The van der Waals surface area contributed by atoms with Crippen LogP contribution in [0.1, 0.15) is 41.6 Å². The molecule has 0 unspecified atom stereocenters. The van der Waals surface area contributed by atoms with Gasteiger partial charge in [-0.05, 0) is 37.1 Å². The molecule has 1 aromatic heterocycles. The Balaban J connectivity index is 1.65. The molecule has 0 saturated carbocycles. The van der Waals surface area contributed by atoms with Crippen LogP contribution in [-0.4, -0.2) is 33.9 Å². The van der Waals surface area contributed by atoms with Crippen LogP contribution in [0.2, 0.25) is 0 Å². The Morgan fingerprint density at radius 1 is 0.962 bits per heavy atom. The predicted octanol–water partition coefficient (Wildman–Crippen LogP) is 4.26. The van der Waals surface area contributed by atoms with E-state index in [4.69, 9.17) is 0 Å². The van der Waals surface area contributed by atoms with Gasteiger partial charge in [-0.2, -0.15) is 13.2 Å². The monoisotopic (exact) mass is 364 g/mol. The Bertz CT molecular complexity index is 737. The summed E-state index contributed by atoms with van der Waals surface area (Å²) in [5, 5.41) is 2.82. The first-order valence-corrected chi connectivity index (χ1v) is 8.49. The van der Waals surface area contributed by atoms with Crippen LogP contribution in [0.3, 0.4) is 0 Å². The molecule has 8 heteroatoms. The number of anilines is 2. The molecule has 1 aromatic carbocycles. The van der Waals surface area contributed by atoms with E-state index in [1.54, 1.807) is 0 Å². The van der Waals surface area contributed by atoms with E-state index in [2.05, 4.69) is 15.3 Å². The van der Waals surface area contributed by atoms with Crippen LogP contribution < -0.4 is 5.32 Å². The zero-order valence-corrected chi connectivity index (χ0v) is 14.1. The number of hydrogen-bond donors (Lipinski definition) is 1. The SMILES string of the molecule is O=C(c1cnc(Nc2ccc(C(F)(F)F)cc2)nc1)N1CCCCCC1. The van der Waals surface area contributed by atoms with Gasteiger partial charge in [-0.25, -0.2) is 9.97 Å². The molecule has 3 rings (SSSR count). The first-order chi connectivity index (χ1) is 12.4. The molecule has 0 spiro atoms. The van der Waals surface area contributed by atoms with Gasteiger partial charge in [0.25, 0.3) is 5.91 Å². The predicted molar refractivity (Wildman–Crippen MR) is 91.1 cm³/mol. The molecule has 0 atom stereocenters. The Kier molecular flexibility index (Phi) is 5.39. The second-order valence-electron chi connectivity index (χ2n) is 6.20. The normalized spacial score (nSPS) is 15.4. The van der Waals surface area contributed by atoms with Crippen LogP contribution in [0, 0.1) is 0 Å². The van der Waals surface area contributed by atoms with E-state index in [1.807, 2.05) is 4.90 Å². The highest BCUT2D eigenvalue weighted by Gasteiger charge is 2.29. The lowest BCUT2D eigenvalue weighted by Crippen LogP contribution is -2.32. The van der Waals surface area contributed by atoms with Gasteiger partial charge in [-0.3, -0.25) is 4.79 Å². The van der Waals surface area contributed by atoms with E-state index in [1.165, 1.54) is 24.5 Å². The number of alkyl halides is 3. The number of aromatic nitrogens is 2. The molecule has 2 aromatic rings. The van der Waals surface area contributed by atoms with Crippen molar-refractivity contribution in [1.82, 2.24) is 14.9 Å². The third-order valence-electron chi connectivity index (χ3n) is 4.26. The summed E-state index contributed by atoms with van der Waals surface area (Å²) in [6.45, 7) is 1.48. The van der Waals surface area contributed by atoms with Gasteiger partial charge >= 0.3 is 6.18 Å². The van der Waals surface area contributed by atoms with Crippen LogP contribution in [0.4, 0.5) is 24.8 Å². The molecule has 0 bridgehead atoms. The Hall–Kier alpha value is -2.64. The number of carbonyl (C=O) groups excluding carboxylic acids is 1. The Morgan fingerprint density at radius 3 is 2.08 bits per heavy atom.